The van der Waals surface area contributed by atoms with Gasteiger partial charge in [-0.3, -0.25) is 4.79 Å². The number of aromatic amines is 1. The number of fused-ring (bicyclic) bond motifs is 2. The maximum atomic E-state index is 12.4. The number of alkyl halides is 2. The predicted octanol–water partition coefficient (Wildman–Crippen LogP) is 4.30. The fourth-order valence-electron chi connectivity index (χ4n) is 3.74. The number of ether oxygens (including phenoxy) is 1. The van der Waals surface area contributed by atoms with Gasteiger partial charge in [-0.2, -0.15) is 8.78 Å². The van der Waals surface area contributed by atoms with E-state index >= 15 is 0 Å². The fraction of sp³-hybridized carbons (Fsp3) is 0.286. The molecule has 1 atom stereocenters. The highest BCUT2D eigenvalue weighted by Crippen LogP contribution is 2.32. The molecule has 0 radical (unpaired) electrons. The highest BCUT2D eigenvalue weighted by atomic mass is 19.3. The van der Waals surface area contributed by atoms with Gasteiger partial charge in [0.2, 0.25) is 0 Å². The molecule has 1 aromatic heterocycles. The van der Waals surface area contributed by atoms with E-state index in [9.17, 15) is 13.6 Å². The summed E-state index contributed by atoms with van der Waals surface area (Å²) >= 11 is 0. The van der Waals surface area contributed by atoms with E-state index in [-0.39, 0.29) is 17.4 Å². The van der Waals surface area contributed by atoms with Gasteiger partial charge >= 0.3 is 6.61 Å². The van der Waals surface area contributed by atoms with Crippen molar-refractivity contribution in [2.75, 3.05) is 0 Å². The van der Waals surface area contributed by atoms with Crippen LogP contribution in [0.1, 0.15) is 35.6 Å². The highest BCUT2D eigenvalue weighted by molar-refractivity contribution is 5.78. The van der Waals surface area contributed by atoms with Crippen molar-refractivity contribution in [2.45, 2.75) is 38.5 Å². The molecule has 6 heteroatoms. The van der Waals surface area contributed by atoms with Crippen molar-refractivity contribution in [1.29, 1.82) is 0 Å². The van der Waals surface area contributed by atoms with Crippen molar-refractivity contribution in [3.05, 3.63) is 75.6 Å². The van der Waals surface area contributed by atoms with Crippen LogP contribution >= 0.6 is 0 Å². The summed E-state index contributed by atoms with van der Waals surface area (Å²) in [6.07, 6.45) is 2.73. The minimum Gasteiger partial charge on any atom is -0.435 e. The normalized spacial score (nSPS) is 16.5. The van der Waals surface area contributed by atoms with E-state index < -0.39 is 6.61 Å². The Morgan fingerprint density at radius 3 is 2.89 bits per heavy atom. The van der Waals surface area contributed by atoms with Crippen LogP contribution in [0.2, 0.25) is 0 Å². The first-order valence-corrected chi connectivity index (χ1v) is 9.02. The Labute approximate surface area is 155 Å². The van der Waals surface area contributed by atoms with Crippen LogP contribution in [-0.2, 0) is 13.0 Å². The maximum Gasteiger partial charge on any atom is 0.387 e. The van der Waals surface area contributed by atoms with E-state index in [1.54, 1.807) is 12.1 Å². The van der Waals surface area contributed by atoms with Gasteiger partial charge in [-0.1, -0.05) is 24.3 Å². The van der Waals surface area contributed by atoms with Gasteiger partial charge in [0.05, 0.1) is 0 Å². The lowest BCUT2D eigenvalue weighted by atomic mass is 9.87. The van der Waals surface area contributed by atoms with Gasteiger partial charge < -0.3 is 15.0 Å². The molecule has 0 saturated carbocycles. The van der Waals surface area contributed by atoms with Crippen LogP contribution in [0.25, 0.3) is 10.9 Å². The molecule has 0 amide bonds. The molecule has 0 aliphatic heterocycles. The summed E-state index contributed by atoms with van der Waals surface area (Å²) in [5, 5.41) is 4.44. The van der Waals surface area contributed by atoms with E-state index in [0.717, 1.165) is 41.3 Å². The molecule has 1 heterocycles. The summed E-state index contributed by atoms with van der Waals surface area (Å²) in [7, 11) is 0. The molecule has 27 heavy (non-hydrogen) atoms. The first kappa shape index (κ1) is 17.7. The van der Waals surface area contributed by atoms with Crippen molar-refractivity contribution in [1.82, 2.24) is 10.3 Å². The highest BCUT2D eigenvalue weighted by Gasteiger charge is 2.21. The number of benzene rings is 2. The summed E-state index contributed by atoms with van der Waals surface area (Å²) in [6.45, 7) is -2.38. The lowest BCUT2D eigenvalue weighted by molar-refractivity contribution is -0.0499. The molecule has 0 fully saturated rings. The number of halogens is 2. The first-order valence-electron chi connectivity index (χ1n) is 9.02. The summed E-state index contributed by atoms with van der Waals surface area (Å²) in [6, 6.07) is 14.8. The Hall–Kier alpha value is -2.73. The minimum absolute atomic E-state index is 0.0835. The molecule has 2 aromatic carbocycles. The Morgan fingerprint density at radius 2 is 2.04 bits per heavy atom. The average molecular weight is 370 g/mol. The number of pyridine rings is 1. The predicted molar refractivity (Wildman–Crippen MR) is 100 cm³/mol. The van der Waals surface area contributed by atoms with Crippen molar-refractivity contribution < 1.29 is 13.5 Å². The summed E-state index contributed by atoms with van der Waals surface area (Å²) in [5.41, 5.74) is 3.50. The van der Waals surface area contributed by atoms with Gasteiger partial charge in [-0.15, -0.1) is 0 Å². The number of nitrogens with one attached hydrogen (secondary N) is 2. The van der Waals surface area contributed by atoms with Gasteiger partial charge in [0.25, 0.3) is 5.56 Å². The largest absolute Gasteiger partial charge is 0.435 e. The number of aromatic nitrogens is 1. The molecule has 1 aliphatic carbocycles. The van der Waals surface area contributed by atoms with E-state index in [1.807, 2.05) is 36.4 Å². The quantitative estimate of drug-likeness (QED) is 0.704. The van der Waals surface area contributed by atoms with Crippen LogP contribution in [0.15, 0.2) is 53.3 Å². The molecular formula is C21H20F2N2O2. The third kappa shape index (κ3) is 3.85. The molecule has 4 rings (SSSR count). The molecular weight excluding hydrogens is 350 g/mol. The van der Waals surface area contributed by atoms with Gasteiger partial charge in [0.15, 0.2) is 0 Å². The molecule has 0 spiro atoms. The van der Waals surface area contributed by atoms with Crippen LogP contribution in [0.3, 0.4) is 0 Å². The standard InChI is InChI=1S/C21H20F2N2O2/c22-21(23)27-16-8-9-17-13(11-16)5-3-7-19(17)24-12-15-10-14-4-1-2-6-18(14)25-20(15)26/h1-2,4,6,8-11,19,21,24H,3,5,7,12H2,(H,25,26)/t19-/m1/s1. The number of aryl methyl sites for hydroxylation is 1. The van der Waals surface area contributed by atoms with E-state index in [1.165, 1.54) is 0 Å². The smallest absolute Gasteiger partial charge is 0.387 e. The zero-order valence-electron chi connectivity index (χ0n) is 14.7. The Morgan fingerprint density at radius 1 is 1.19 bits per heavy atom. The van der Waals surface area contributed by atoms with Crippen molar-refractivity contribution in [3.8, 4) is 5.75 Å². The number of hydrogen-bond donors (Lipinski definition) is 2. The SMILES string of the molecule is O=c1[nH]c2ccccc2cc1CN[C@@H]1CCCc2cc(OC(F)F)ccc21. The third-order valence-electron chi connectivity index (χ3n) is 5.02. The first-order chi connectivity index (χ1) is 13.1. The van der Waals surface area contributed by atoms with Crippen LogP contribution in [0.4, 0.5) is 8.78 Å². The van der Waals surface area contributed by atoms with Gasteiger partial charge in [-0.25, -0.2) is 0 Å². The summed E-state index contributed by atoms with van der Waals surface area (Å²) < 4.78 is 29.3. The monoisotopic (exact) mass is 370 g/mol. The lowest BCUT2D eigenvalue weighted by Gasteiger charge is -2.27. The number of hydrogen-bond acceptors (Lipinski definition) is 3. The molecule has 140 valence electrons. The van der Waals surface area contributed by atoms with Crippen LogP contribution in [0.5, 0.6) is 5.75 Å². The molecule has 0 bridgehead atoms. The van der Waals surface area contributed by atoms with Crippen molar-refractivity contribution >= 4 is 10.9 Å². The topological polar surface area (TPSA) is 54.1 Å². The zero-order chi connectivity index (χ0) is 18.8. The zero-order valence-corrected chi connectivity index (χ0v) is 14.7. The minimum atomic E-state index is -2.82. The Bertz CT molecular complexity index is 1020. The maximum absolute atomic E-state index is 12.4. The van der Waals surface area contributed by atoms with Gasteiger partial charge in [-0.05, 0) is 60.0 Å². The third-order valence-corrected chi connectivity index (χ3v) is 5.02. The van der Waals surface area contributed by atoms with Crippen LogP contribution in [0, 0.1) is 0 Å². The second-order valence-electron chi connectivity index (χ2n) is 6.78. The van der Waals surface area contributed by atoms with Crippen molar-refractivity contribution in [2.24, 2.45) is 0 Å². The number of H-pyrrole nitrogens is 1. The Balaban J connectivity index is 1.53. The molecule has 0 unspecified atom stereocenters. The molecule has 1 aliphatic rings. The summed E-state index contributed by atoms with van der Waals surface area (Å²) in [5.74, 6) is 0.190. The summed E-state index contributed by atoms with van der Waals surface area (Å²) in [4.78, 5) is 15.2. The average Bonchev–Trinajstić information content (AvgIpc) is 2.65. The van der Waals surface area contributed by atoms with Crippen molar-refractivity contribution in [3.63, 3.8) is 0 Å². The fourth-order valence-corrected chi connectivity index (χ4v) is 3.74. The van der Waals surface area contributed by atoms with Crippen LogP contribution in [-0.4, -0.2) is 11.6 Å². The van der Waals surface area contributed by atoms with Gasteiger partial charge in [0, 0.05) is 23.7 Å². The second-order valence-corrected chi connectivity index (χ2v) is 6.78. The van der Waals surface area contributed by atoms with E-state index in [2.05, 4.69) is 15.0 Å². The van der Waals surface area contributed by atoms with Crippen LogP contribution < -0.4 is 15.6 Å². The van der Waals surface area contributed by atoms with E-state index in [4.69, 9.17) is 0 Å². The lowest BCUT2D eigenvalue weighted by Crippen LogP contribution is -2.27. The number of rotatable bonds is 5. The Kier molecular flexibility index (Phi) is 4.90. The second kappa shape index (κ2) is 7.48. The molecule has 0 saturated heterocycles. The molecule has 2 N–H and O–H groups in total. The number of para-hydroxylation sites is 1. The molecule has 4 nitrogen and oxygen atoms in total. The van der Waals surface area contributed by atoms with Gasteiger partial charge in [0.1, 0.15) is 5.75 Å². The molecule has 3 aromatic rings. The van der Waals surface area contributed by atoms with E-state index in [0.29, 0.717) is 12.1 Å².